The fraction of sp³-hybridized carbons (Fsp3) is 0.250. The van der Waals surface area contributed by atoms with E-state index in [1.165, 1.54) is 12.1 Å². The maximum Gasteiger partial charge on any atom is 0.226 e. The summed E-state index contributed by atoms with van der Waals surface area (Å²) in [5, 5.41) is 2.95. The predicted octanol–water partition coefficient (Wildman–Crippen LogP) is 3.32. The van der Waals surface area contributed by atoms with Gasteiger partial charge in [0.25, 0.3) is 0 Å². The summed E-state index contributed by atoms with van der Waals surface area (Å²) in [4.78, 5) is 26.0. The molecule has 1 aromatic carbocycles. The normalized spacial score (nSPS) is 13.5. The van der Waals surface area contributed by atoms with E-state index in [0.29, 0.717) is 12.2 Å². The lowest BCUT2D eigenvalue weighted by atomic mass is 10.0. The molecule has 3 aromatic rings. The second-order valence-corrected chi connectivity index (χ2v) is 7.49. The van der Waals surface area contributed by atoms with Crippen molar-refractivity contribution in [2.75, 3.05) is 13.7 Å². The number of aliphatic imine (C=N–C) groups is 1. The Morgan fingerprint density at radius 2 is 2.00 bits per heavy atom. The summed E-state index contributed by atoms with van der Waals surface area (Å²) in [5.41, 5.74) is 6.34. The van der Waals surface area contributed by atoms with Gasteiger partial charge in [0.2, 0.25) is 5.91 Å². The number of aryl methyl sites for hydroxylation is 1. The molecule has 158 valence electrons. The highest BCUT2D eigenvalue weighted by molar-refractivity contribution is 6.15. The number of nitrogens with zero attached hydrogens (tertiary/aromatic N) is 3. The molecule has 0 unspecified atom stereocenters. The third-order valence-electron chi connectivity index (χ3n) is 5.16. The Morgan fingerprint density at radius 3 is 2.74 bits per heavy atom. The third kappa shape index (κ3) is 4.83. The molecule has 0 saturated carbocycles. The van der Waals surface area contributed by atoms with E-state index in [1.54, 1.807) is 31.6 Å². The van der Waals surface area contributed by atoms with Gasteiger partial charge in [0, 0.05) is 36.3 Å². The second kappa shape index (κ2) is 9.14. The van der Waals surface area contributed by atoms with Gasteiger partial charge >= 0.3 is 0 Å². The van der Waals surface area contributed by atoms with Crippen molar-refractivity contribution in [3.8, 4) is 0 Å². The smallest absolute Gasteiger partial charge is 0.226 e. The predicted molar refractivity (Wildman–Crippen MR) is 115 cm³/mol. The fourth-order valence-electron chi connectivity index (χ4n) is 3.67. The van der Waals surface area contributed by atoms with E-state index in [-0.39, 0.29) is 30.8 Å². The molecular formula is C24H23FN4O2. The van der Waals surface area contributed by atoms with Crippen molar-refractivity contribution in [2.24, 2.45) is 4.99 Å². The lowest BCUT2D eigenvalue weighted by Gasteiger charge is -2.18. The lowest BCUT2D eigenvalue weighted by molar-refractivity contribution is -0.121. The van der Waals surface area contributed by atoms with E-state index in [1.807, 2.05) is 25.1 Å². The molecule has 1 aliphatic rings. The van der Waals surface area contributed by atoms with Crippen LogP contribution in [0.25, 0.3) is 0 Å². The first-order valence-corrected chi connectivity index (χ1v) is 10.0. The molecule has 1 atom stereocenters. The molecule has 4 rings (SSSR count). The first-order valence-electron chi connectivity index (χ1n) is 10.0. The number of halogens is 1. The zero-order chi connectivity index (χ0) is 21.8. The number of carbonyl (C=O) groups excluding carboxylic acids is 1. The van der Waals surface area contributed by atoms with Crippen LogP contribution < -0.4 is 5.32 Å². The SMILES string of the molecule is COC[C@@H](NC(=O)Cc1cc2c(cn1)C(c1ccnc(C)c1)=NC2)c1ccc(F)cc1. The quantitative estimate of drug-likeness (QED) is 0.639. The van der Waals surface area contributed by atoms with Crippen LogP contribution in [0.15, 0.2) is 59.9 Å². The van der Waals surface area contributed by atoms with Crippen LogP contribution in [0.5, 0.6) is 0 Å². The van der Waals surface area contributed by atoms with Gasteiger partial charge in [0.15, 0.2) is 0 Å². The first-order chi connectivity index (χ1) is 15.0. The van der Waals surface area contributed by atoms with Crippen LogP contribution in [0.3, 0.4) is 0 Å². The highest BCUT2D eigenvalue weighted by Gasteiger charge is 2.20. The molecule has 1 N–H and O–H groups in total. The zero-order valence-corrected chi connectivity index (χ0v) is 17.4. The van der Waals surface area contributed by atoms with E-state index >= 15 is 0 Å². The zero-order valence-electron chi connectivity index (χ0n) is 17.4. The summed E-state index contributed by atoms with van der Waals surface area (Å²) in [6.07, 6.45) is 3.69. The summed E-state index contributed by atoms with van der Waals surface area (Å²) in [7, 11) is 1.56. The Bertz CT molecular complexity index is 1130. The number of hydrogen-bond acceptors (Lipinski definition) is 5. The highest BCUT2D eigenvalue weighted by atomic mass is 19.1. The maximum atomic E-state index is 13.2. The van der Waals surface area contributed by atoms with Crippen molar-refractivity contribution in [3.63, 3.8) is 0 Å². The van der Waals surface area contributed by atoms with Crippen LogP contribution in [0.4, 0.5) is 4.39 Å². The summed E-state index contributed by atoms with van der Waals surface area (Å²) in [5.74, 6) is -0.500. The van der Waals surface area contributed by atoms with Gasteiger partial charge in [-0.2, -0.15) is 0 Å². The summed E-state index contributed by atoms with van der Waals surface area (Å²) >= 11 is 0. The van der Waals surface area contributed by atoms with Gasteiger partial charge in [0.1, 0.15) is 5.82 Å². The van der Waals surface area contributed by atoms with Gasteiger partial charge in [-0.05, 0) is 48.4 Å². The molecule has 0 spiro atoms. The monoisotopic (exact) mass is 418 g/mol. The number of amides is 1. The van der Waals surface area contributed by atoms with Crippen LogP contribution in [-0.2, 0) is 22.5 Å². The number of pyridine rings is 2. The van der Waals surface area contributed by atoms with Gasteiger partial charge in [-0.1, -0.05) is 12.1 Å². The molecule has 0 saturated heterocycles. The Hall–Kier alpha value is -3.45. The first kappa shape index (κ1) is 20.8. The number of aromatic nitrogens is 2. The standard InChI is InChI=1S/C24H23FN4O2/c1-15-9-17(7-8-26-15)24-21-13-27-20(10-18(21)12-28-24)11-23(30)29-22(14-31-2)16-3-5-19(25)6-4-16/h3-10,13,22H,11-12,14H2,1-2H3,(H,29,30)/t22-/m1/s1. The molecule has 1 aliphatic heterocycles. The van der Waals surface area contributed by atoms with Crippen molar-refractivity contribution in [3.05, 3.63) is 94.3 Å². The van der Waals surface area contributed by atoms with Gasteiger partial charge < -0.3 is 10.1 Å². The molecule has 1 amide bonds. The maximum absolute atomic E-state index is 13.2. The van der Waals surface area contributed by atoms with E-state index in [2.05, 4.69) is 20.3 Å². The summed E-state index contributed by atoms with van der Waals surface area (Å²) in [6, 6.07) is 11.5. The summed E-state index contributed by atoms with van der Waals surface area (Å²) < 4.78 is 18.4. The van der Waals surface area contributed by atoms with E-state index in [4.69, 9.17) is 4.74 Å². The number of rotatable bonds is 7. The van der Waals surface area contributed by atoms with Crippen LogP contribution in [0, 0.1) is 12.7 Å². The van der Waals surface area contributed by atoms with Crippen LogP contribution in [0.2, 0.25) is 0 Å². The lowest BCUT2D eigenvalue weighted by Crippen LogP contribution is -2.32. The minimum Gasteiger partial charge on any atom is -0.382 e. The van der Waals surface area contributed by atoms with Gasteiger partial charge in [-0.25, -0.2) is 4.39 Å². The molecule has 0 aliphatic carbocycles. The number of methoxy groups -OCH3 is 1. The number of fused-ring (bicyclic) bond motifs is 1. The van der Waals surface area contributed by atoms with E-state index in [9.17, 15) is 9.18 Å². The van der Waals surface area contributed by atoms with E-state index < -0.39 is 0 Å². The Balaban J connectivity index is 1.45. The van der Waals surface area contributed by atoms with Crippen LogP contribution in [-0.4, -0.2) is 35.3 Å². The van der Waals surface area contributed by atoms with Crippen molar-refractivity contribution < 1.29 is 13.9 Å². The molecule has 0 bridgehead atoms. The molecule has 7 heteroatoms. The average Bonchev–Trinajstić information content (AvgIpc) is 3.17. The van der Waals surface area contributed by atoms with Crippen LogP contribution in [0.1, 0.15) is 39.7 Å². The van der Waals surface area contributed by atoms with Crippen molar-refractivity contribution in [1.29, 1.82) is 0 Å². The van der Waals surface area contributed by atoms with Crippen molar-refractivity contribution in [1.82, 2.24) is 15.3 Å². The molecule has 6 nitrogen and oxygen atoms in total. The Kier molecular flexibility index (Phi) is 6.13. The fourth-order valence-corrected chi connectivity index (χ4v) is 3.67. The molecule has 3 heterocycles. The summed E-state index contributed by atoms with van der Waals surface area (Å²) in [6.45, 7) is 2.80. The number of nitrogens with one attached hydrogen (secondary N) is 1. The molecule has 0 radical (unpaired) electrons. The molecular weight excluding hydrogens is 395 g/mol. The highest BCUT2D eigenvalue weighted by Crippen LogP contribution is 2.23. The topological polar surface area (TPSA) is 76.5 Å². The van der Waals surface area contributed by atoms with Gasteiger partial charge in [0.05, 0.1) is 37.0 Å². The minimum absolute atomic E-state index is 0.137. The van der Waals surface area contributed by atoms with Gasteiger partial charge in [-0.3, -0.25) is 19.8 Å². The Morgan fingerprint density at radius 1 is 1.19 bits per heavy atom. The second-order valence-electron chi connectivity index (χ2n) is 7.49. The third-order valence-corrected chi connectivity index (χ3v) is 5.16. The number of benzene rings is 1. The number of hydrogen-bond donors (Lipinski definition) is 1. The largest absolute Gasteiger partial charge is 0.382 e. The molecule has 2 aromatic heterocycles. The van der Waals surface area contributed by atoms with Crippen molar-refractivity contribution >= 4 is 11.6 Å². The average molecular weight is 418 g/mol. The minimum atomic E-state index is -0.364. The van der Waals surface area contributed by atoms with E-state index in [0.717, 1.165) is 33.7 Å². The number of carbonyl (C=O) groups is 1. The van der Waals surface area contributed by atoms with Crippen molar-refractivity contribution in [2.45, 2.75) is 25.9 Å². The van der Waals surface area contributed by atoms with Gasteiger partial charge in [-0.15, -0.1) is 0 Å². The molecule has 31 heavy (non-hydrogen) atoms. The Labute approximate surface area is 180 Å². The van der Waals surface area contributed by atoms with Crippen LogP contribution >= 0.6 is 0 Å². The molecule has 0 fully saturated rings. The number of ether oxygens (including phenoxy) is 1.